The molecule has 0 radical (unpaired) electrons. The van der Waals surface area contributed by atoms with Crippen molar-refractivity contribution in [1.82, 2.24) is 5.32 Å². The minimum absolute atomic E-state index is 0.735. The van der Waals surface area contributed by atoms with Crippen LogP contribution in [0.5, 0.6) is 0 Å². The van der Waals surface area contributed by atoms with Gasteiger partial charge >= 0.3 is 0 Å². The molecule has 0 aromatic carbocycles. The highest BCUT2D eigenvalue weighted by Gasteiger charge is 2.22. The Labute approximate surface area is 115 Å². The van der Waals surface area contributed by atoms with Gasteiger partial charge in [-0.25, -0.2) is 0 Å². The van der Waals surface area contributed by atoms with Gasteiger partial charge in [-0.3, -0.25) is 0 Å². The number of hydrogen-bond donors (Lipinski definition) is 1. The lowest BCUT2D eigenvalue weighted by molar-refractivity contribution is 0.230. The van der Waals surface area contributed by atoms with E-state index in [0.29, 0.717) is 0 Å². The summed E-state index contributed by atoms with van der Waals surface area (Å²) in [5, 5.41) is 3.88. The minimum Gasteiger partial charge on any atom is -0.314 e. The average Bonchev–Trinajstić information content (AvgIpc) is 2.26. The highest BCUT2D eigenvalue weighted by atomic mass is 14.9. The van der Waals surface area contributed by atoms with Crippen LogP contribution in [0.2, 0.25) is 0 Å². The Balaban J connectivity index is 2.35. The fourth-order valence-electron chi connectivity index (χ4n) is 3.42. The number of nitrogens with one attached hydrogen (secondary N) is 1. The minimum atomic E-state index is 0.735. The van der Waals surface area contributed by atoms with Crippen molar-refractivity contribution in [2.45, 2.75) is 79.2 Å². The summed E-state index contributed by atoms with van der Waals surface area (Å²) in [7, 11) is 0. The number of rotatable bonds is 7. The second-order valence-electron chi connectivity index (χ2n) is 7.39. The van der Waals surface area contributed by atoms with Gasteiger partial charge in [-0.15, -0.1) is 0 Å². The van der Waals surface area contributed by atoms with Crippen LogP contribution in [0.4, 0.5) is 0 Å². The van der Waals surface area contributed by atoms with E-state index in [4.69, 9.17) is 0 Å². The fourth-order valence-corrected chi connectivity index (χ4v) is 3.42. The summed E-state index contributed by atoms with van der Waals surface area (Å²) in [5.74, 6) is 3.49. The van der Waals surface area contributed by atoms with Gasteiger partial charge in [-0.2, -0.15) is 0 Å². The van der Waals surface area contributed by atoms with E-state index >= 15 is 0 Å². The average molecular weight is 253 g/mol. The third-order valence-electron chi connectivity index (χ3n) is 4.47. The summed E-state index contributed by atoms with van der Waals surface area (Å²) in [6, 6.07) is 0.735. The third kappa shape index (κ3) is 6.22. The summed E-state index contributed by atoms with van der Waals surface area (Å²) in [6.07, 6.45) is 8.48. The van der Waals surface area contributed by atoms with E-state index in [1.54, 1.807) is 0 Å². The van der Waals surface area contributed by atoms with Crippen LogP contribution in [0.3, 0.4) is 0 Å². The van der Waals surface area contributed by atoms with E-state index in [1.807, 2.05) is 0 Å². The Morgan fingerprint density at radius 1 is 0.944 bits per heavy atom. The first kappa shape index (κ1) is 16.0. The van der Waals surface area contributed by atoms with Crippen molar-refractivity contribution in [3.63, 3.8) is 0 Å². The van der Waals surface area contributed by atoms with Crippen LogP contribution < -0.4 is 5.32 Å². The van der Waals surface area contributed by atoms with E-state index in [1.165, 1.54) is 45.1 Å². The van der Waals surface area contributed by atoms with Crippen molar-refractivity contribution in [2.24, 2.45) is 23.7 Å². The van der Waals surface area contributed by atoms with Gasteiger partial charge in [0, 0.05) is 6.04 Å². The molecule has 0 heterocycles. The van der Waals surface area contributed by atoms with Gasteiger partial charge in [0.1, 0.15) is 0 Å². The van der Waals surface area contributed by atoms with Crippen molar-refractivity contribution < 1.29 is 0 Å². The normalized spacial score (nSPS) is 25.3. The van der Waals surface area contributed by atoms with E-state index in [0.717, 1.165) is 29.7 Å². The van der Waals surface area contributed by atoms with E-state index < -0.39 is 0 Å². The van der Waals surface area contributed by atoms with Crippen LogP contribution in [-0.2, 0) is 0 Å². The molecule has 1 N–H and O–H groups in total. The topological polar surface area (TPSA) is 12.0 Å². The number of hydrogen-bond acceptors (Lipinski definition) is 1. The van der Waals surface area contributed by atoms with Crippen molar-refractivity contribution >= 4 is 0 Å². The first-order chi connectivity index (χ1) is 8.49. The predicted octanol–water partition coefficient (Wildman–Crippen LogP) is 4.86. The van der Waals surface area contributed by atoms with Crippen molar-refractivity contribution in [3.8, 4) is 0 Å². The molecule has 1 nitrogen and oxygen atoms in total. The van der Waals surface area contributed by atoms with Crippen LogP contribution in [0.15, 0.2) is 0 Å². The van der Waals surface area contributed by atoms with Crippen LogP contribution in [0.1, 0.15) is 73.1 Å². The Morgan fingerprint density at radius 2 is 1.50 bits per heavy atom. The molecule has 1 aliphatic rings. The molecule has 1 heteroatoms. The summed E-state index contributed by atoms with van der Waals surface area (Å²) >= 11 is 0. The zero-order valence-electron chi connectivity index (χ0n) is 13.3. The molecule has 0 aromatic heterocycles. The van der Waals surface area contributed by atoms with E-state index in [2.05, 4.69) is 39.9 Å². The highest BCUT2D eigenvalue weighted by molar-refractivity contribution is 4.77. The fraction of sp³-hybridized carbons (Fsp3) is 1.00. The second kappa shape index (κ2) is 8.19. The third-order valence-corrected chi connectivity index (χ3v) is 4.47. The Morgan fingerprint density at radius 3 is 2.00 bits per heavy atom. The molecule has 1 rings (SSSR count). The summed E-state index contributed by atoms with van der Waals surface area (Å²) in [6.45, 7) is 13.1. The zero-order valence-corrected chi connectivity index (χ0v) is 13.3. The molecule has 0 aliphatic heterocycles. The maximum atomic E-state index is 3.88. The molecule has 0 amide bonds. The summed E-state index contributed by atoms with van der Waals surface area (Å²) < 4.78 is 0. The molecule has 1 aliphatic carbocycles. The monoisotopic (exact) mass is 253 g/mol. The Bertz CT molecular complexity index is 200. The smallest absolute Gasteiger partial charge is 0.00720 e. The summed E-state index contributed by atoms with van der Waals surface area (Å²) in [4.78, 5) is 0. The summed E-state index contributed by atoms with van der Waals surface area (Å²) in [5.41, 5.74) is 0. The molecule has 0 aromatic rings. The standard InChI is InChI=1S/C17H35N/c1-13(2)10-17(11-14(3)4)18-12-16-9-7-6-8-15(16)5/h13-18H,6-12H2,1-5H3. The molecular weight excluding hydrogens is 218 g/mol. The maximum absolute atomic E-state index is 3.88. The quantitative estimate of drug-likeness (QED) is 0.683. The lowest BCUT2D eigenvalue weighted by Crippen LogP contribution is -2.37. The van der Waals surface area contributed by atoms with Gasteiger partial charge in [-0.05, 0) is 49.5 Å². The van der Waals surface area contributed by atoms with Gasteiger partial charge in [-0.1, -0.05) is 53.9 Å². The maximum Gasteiger partial charge on any atom is 0.00720 e. The van der Waals surface area contributed by atoms with Gasteiger partial charge in [0.05, 0.1) is 0 Å². The molecule has 0 saturated heterocycles. The van der Waals surface area contributed by atoms with Crippen LogP contribution in [0, 0.1) is 23.7 Å². The van der Waals surface area contributed by atoms with Crippen molar-refractivity contribution in [1.29, 1.82) is 0 Å². The van der Waals surface area contributed by atoms with E-state index in [9.17, 15) is 0 Å². The van der Waals surface area contributed by atoms with Gasteiger partial charge < -0.3 is 5.32 Å². The molecule has 1 saturated carbocycles. The lowest BCUT2D eigenvalue weighted by atomic mass is 9.80. The molecule has 0 spiro atoms. The molecule has 0 bridgehead atoms. The SMILES string of the molecule is CC(C)CC(CC(C)C)NCC1CCCCC1C. The van der Waals surface area contributed by atoms with Crippen molar-refractivity contribution in [2.75, 3.05) is 6.54 Å². The van der Waals surface area contributed by atoms with Crippen molar-refractivity contribution in [3.05, 3.63) is 0 Å². The Hall–Kier alpha value is -0.0400. The highest BCUT2D eigenvalue weighted by Crippen LogP contribution is 2.29. The molecular formula is C17H35N. The first-order valence-corrected chi connectivity index (χ1v) is 8.22. The largest absolute Gasteiger partial charge is 0.314 e. The molecule has 2 atom stereocenters. The van der Waals surface area contributed by atoms with Crippen LogP contribution in [-0.4, -0.2) is 12.6 Å². The zero-order chi connectivity index (χ0) is 13.5. The molecule has 2 unspecified atom stereocenters. The molecule has 1 fully saturated rings. The van der Waals surface area contributed by atoms with Crippen LogP contribution in [0.25, 0.3) is 0 Å². The molecule has 108 valence electrons. The second-order valence-corrected chi connectivity index (χ2v) is 7.39. The van der Waals surface area contributed by atoms with E-state index in [-0.39, 0.29) is 0 Å². The van der Waals surface area contributed by atoms with Gasteiger partial charge in [0.2, 0.25) is 0 Å². The molecule has 18 heavy (non-hydrogen) atoms. The first-order valence-electron chi connectivity index (χ1n) is 8.22. The van der Waals surface area contributed by atoms with Gasteiger partial charge in [0.25, 0.3) is 0 Å². The van der Waals surface area contributed by atoms with Crippen LogP contribution >= 0.6 is 0 Å². The Kier molecular flexibility index (Phi) is 7.29. The predicted molar refractivity (Wildman–Crippen MR) is 81.8 cm³/mol. The lowest BCUT2D eigenvalue weighted by Gasteiger charge is -2.31. The van der Waals surface area contributed by atoms with Gasteiger partial charge in [0.15, 0.2) is 0 Å².